The highest BCUT2D eigenvalue weighted by molar-refractivity contribution is 5.90. The number of carbonyl (C=O) groups excluding carboxylic acids is 3. The van der Waals surface area contributed by atoms with Crippen LogP contribution in [0, 0.1) is 5.92 Å². The second kappa shape index (κ2) is 8.44. The van der Waals surface area contributed by atoms with Crippen LogP contribution in [0.3, 0.4) is 0 Å². The first-order chi connectivity index (χ1) is 13.0. The number of benzene rings is 1. The molecule has 0 bridgehead atoms. The van der Waals surface area contributed by atoms with E-state index in [0.29, 0.717) is 25.1 Å². The van der Waals surface area contributed by atoms with Crippen LogP contribution in [0.15, 0.2) is 42.5 Å². The van der Waals surface area contributed by atoms with Crippen molar-refractivity contribution in [2.75, 3.05) is 19.7 Å². The molecule has 1 aliphatic heterocycles. The summed E-state index contributed by atoms with van der Waals surface area (Å²) in [6.45, 7) is 0.458. The molecule has 0 radical (unpaired) electrons. The zero-order valence-corrected chi connectivity index (χ0v) is 14.8. The van der Waals surface area contributed by atoms with Crippen LogP contribution in [0.2, 0.25) is 0 Å². The second-order valence-electron chi connectivity index (χ2n) is 6.45. The number of likely N-dealkylation sites (tertiary alicyclic amines) is 1. The van der Waals surface area contributed by atoms with Gasteiger partial charge in [0.25, 0.3) is 5.91 Å². The van der Waals surface area contributed by atoms with Gasteiger partial charge in [-0.25, -0.2) is 9.78 Å². The van der Waals surface area contributed by atoms with Gasteiger partial charge in [-0.05, 0) is 31.1 Å². The Hall–Kier alpha value is -3.22. The molecule has 1 aliphatic rings. The molecular formula is C20H21N3O4. The third-order valence-electron chi connectivity index (χ3n) is 4.52. The van der Waals surface area contributed by atoms with Gasteiger partial charge < -0.3 is 15.4 Å². The molecule has 3 rings (SSSR count). The van der Waals surface area contributed by atoms with E-state index < -0.39 is 11.9 Å². The first-order valence-corrected chi connectivity index (χ1v) is 8.80. The lowest BCUT2D eigenvalue weighted by Crippen LogP contribution is -2.45. The molecule has 1 aromatic carbocycles. The van der Waals surface area contributed by atoms with Crippen LogP contribution in [0.1, 0.15) is 18.5 Å². The zero-order chi connectivity index (χ0) is 19.2. The summed E-state index contributed by atoms with van der Waals surface area (Å²) in [7, 11) is 0. The summed E-state index contributed by atoms with van der Waals surface area (Å²) in [5.41, 5.74) is 6.76. The number of amides is 2. The van der Waals surface area contributed by atoms with Gasteiger partial charge in [-0.1, -0.05) is 24.3 Å². The normalized spacial score (nSPS) is 17.2. The number of fused-ring (bicyclic) bond motifs is 1. The van der Waals surface area contributed by atoms with Crippen LogP contribution in [0.4, 0.5) is 0 Å². The minimum Gasteiger partial charge on any atom is -0.452 e. The summed E-state index contributed by atoms with van der Waals surface area (Å²) in [6, 6.07) is 11.4. The fourth-order valence-corrected chi connectivity index (χ4v) is 3.04. The van der Waals surface area contributed by atoms with E-state index >= 15 is 0 Å². The Morgan fingerprint density at radius 1 is 1.22 bits per heavy atom. The van der Waals surface area contributed by atoms with Crippen LogP contribution >= 0.6 is 0 Å². The zero-order valence-electron chi connectivity index (χ0n) is 14.8. The fraction of sp³-hybridized carbons (Fsp3) is 0.300. The predicted octanol–water partition coefficient (Wildman–Crippen LogP) is 1.52. The van der Waals surface area contributed by atoms with E-state index in [1.807, 2.05) is 30.3 Å². The first kappa shape index (κ1) is 18.6. The second-order valence-corrected chi connectivity index (χ2v) is 6.45. The molecule has 0 aliphatic carbocycles. The number of carbonyl (C=O) groups is 3. The first-order valence-electron chi connectivity index (χ1n) is 8.80. The molecule has 2 amide bonds. The molecule has 2 aromatic rings. The van der Waals surface area contributed by atoms with Crippen molar-refractivity contribution < 1.29 is 19.1 Å². The number of rotatable bonds is 5. The van der Waals surface area contributed by atoms with Gasteiger partial charge >= 0.3 is 5.97 Å². The molecular weight excluding hydrogens is 346 g/mol. The highest BCUT2D eigenvalue weighted by Gasteiger charge is 2.27. The maximum atomic E-state index is 12.2. The number of aromatic nitrogens is 1. The molecule has 0 unspecified atom stereocenters. The average molecular weight is 367 g/mol. The minimum absolute atomic E-state index is 0.280. The Balaban J connectivity index is 1.51. The molecule has 1 aromatic heterocycles. The molecule has 7 heteroatoms. The molecule has 0 saturated carbocycles. The topological polar surface area (TPSA) is 103 Å². The van der Waals surface area contributed by atoms with E-state index in [0.717, 1.165) is 10.9 Å². The van der Waals surface area contributed by atoms with Crippen molar-refractivity contribution >= 4 is 34.8 Å². The van der Waals surface area contributed by atoms with E-state index in [9.17, 15) is 14.4 Å². The Morgan fingerprint density at radius 3 is 2.85 bits per heavy atom. The number of hydrogen-bond donors (Lipinski definition) is 1. The fourth-order valence-electron chi connectivity index (χ4n) is 3.04. The van der Waals surface area contributed by atoms with Gasteiger partial charge in [0.2, 0.25) is 5.91 Å². The Labute approximate surface area is 156 Å². The van der Waals surface area contributed by atoms with Gasteiger partial charge in [0, 0.05) is 24.6 Å². The molecule has 1 fully saturated rings. The summed E-state index contributed by atoms with van der Waals surface area (Å²) in [5.74, 6) is -1.69. The maximum Gasteiger partial charge on any atom is 0.331 e. The monoisotopic (exact) mass is 367 g/mol. The lowest BCUT2D eigenvalue weighted by Gasteiger charge is -2.30. The lowest BCUT2D eigenvalue weighted by molar-refractivity contribution is -0.149. The number of pyridine rings is 1. The molecule has 1 saturated heterocycles. The number of para-hydroxylation sites is 1. The van der Waals surface area contributed by atoms with Crippen LogP contribution in [-0.4, -0.2) is 47.4 Å². The van der Waals surface area contributed by atoms with Gasteiger partial charge in [0.1, 0.15) is 0 Å². The van der Waals surface area contributed by atoms with Gasteiger partial charge in [0.15, 0.2) is 6.61 Å². The van der Waals surface area contributed by atoms with Crippen molar-refractivity contribution in [2.24, 2.45) is 11.7 Å². The third-order valence-corrected chi connectivity index (χ3v) is 4.52. The standard InChI is InChI=1S/C20H21N3O4/c21-20(26)15-5-3-11-23(12-15)18(24)13-27-19(25)10-9-16-8-7-14-4-1-2-6-17(14)22-16/h1-2,4,6-10,15H,3,5,11-13H2,(H2,21,26)/b10-9+/t15-/m0/s1. The van der Waals surface area contributed by atoms with E-state index in [2.05, 4.69) is 4.98 Å². The SMILES string of the molecule is NC(=O)[C@H]1CCCN(C(=O)COC(=O)/C=C/c2ccc3ccccc3n2)C1. The molecule has 0 spiro atoms. The highest BCUT2D eigenvalue weighted by atomic mass is 16.5. The van der Waals surface area contributed by atoms with Crippen molar-refractivity contribution in [2.45, 2.75) is 12.8 Å². The number of nitrogens with two attached hydrogens (primary N) is 1. The largest absolute Gasteiger partial charge is 0.452 e. The smallest absolute Gasteiger partial charge is 0.331 e. The van der Waals surface area contributed by atoms with Crippen molar-refractivity contribution in [1.29, 1.82) is 0 Å². The third kappa shape index (κ3) is 4.91. The number of esters is 1. The van der Waals surface area contributed by atoms with E-state index in [1.54, 1.807) is 12.1 Å². The van der Waals surface area contributed by atoms with Crippen LogP contribution in [0.5, 0.6) is 0 Å². The number of primary amides is 1. The summed E-state index contributed by atoms with van der Waals surface area (Å²) < 4.78 is 5.00. The lowest BCUT2D eigenvalue weighted by atomic mass is 9.97. The number of nitrogens with zero attached hydrogens (tertiary/aromatic N) is 2. The molecule has 27 heavy (non-hydrogen) atoms. The quantitative estimate of drug-likeness (QED) is 0.637. The van der Waals surface area contributed by atoms with Gasteiger partial charge in [-0.2, -0.15) is 0 Å². The molecule has 2 heterocycles. The summed E-state index contributed by atoms with van der Waals surface area (Å²) in [4.78, 5) is 41.2. The maximum absolute atomic E-state index is 12.2. The summed E-state index contributed by atoms with van der Waals surface area (Å²) in [6.07, 6.45) is 4.18. The van der Waals surface area contributed by atoms with Crippen molar-refractivity contribution in [3.8, 4) is 0 Å². The summed E-state index contributed by atoms with van der Waals surface area (Å²) in [5, 5.41) is 1.01. The van der Waals surface area contributed by atoms with Gasteiger partial charge in [-0.15, -0.1) is 0 Å². The van der Waals surface area contributed by atoms with E-state index in [1.165, 1.54) is 11.0 Å². The Bertz CT molecular complexity index is 894. The highest BCUT2D eigenvalue weighted by Crippen LogP contribution is 2.16. The molecule has 7 nitrogen and oxygen atoms in total. The van der Waals surface area contributed by atoms with Crippen molar-refractivity contribution in [1.82, 2.24) is 9.88 Å². The Kier molecular flexibility index (Phi) is 5.80. The Morgan fingerprint density at radius 2 is 2.04 bits per heavy atom. The van der Waals surface area contributed by atoms with Crippen LogP contribution in [-0.2, 0) is 19.1 Å². The van der Waals surface area contributed by atoms with Crippen molar-refractivity contribution in [3.63, 3.8) is 0 Å². The average Bonchev–Trinajstić information content (AvgIpc) is 2.70. The predicted molar refractivity (Wildman–Crippen MR) is 100 cm³/mol. The number of ether oxygens (including phenoxy) is 1. The van der Waals surface area contributed by atoms with Gasteiger partial charge in [0.05, 0.1) is 17.1 Å². The number of piperidine rings is 1. The van der Waals surface area contributed by atoms with Crippen molar-refractivity contribution in [3.05, 3.63) is 48.2 Å². The van der Waals surface area contributed by atoms with Crippen LogP contribution < -0.4 is 5.73 Å². The van der Waals surface area contributed by atoms with E-state index in [4.69, 9.17) is 10.5 Å². The van der Waals surface area contributed by atoms with Gasteiger partial charge in [-0.3, -0.25) is 9.59 Å². The molecule has 2 N–H and O–H groups in total. The number of hydrogen-bond acceptors (Lipinski definition) is 5. The molecule has 140 valence electrons. The van der Waals surface area contributed by atoms with Crippen LogP contribution in [0.25, 0.3) is 17.0 Å². The minimum atomic E-state index is -0.623. The summed E-state index contributed by atoms with van der Waals surface area (Å²) >= 11 is 0. The molecule has 1 atom stereocenters. The van der Waals surface area contributed by atoms with E-state index in [-0.39, 0.29) is 25.0 Å².